The van der Waals surface area contributed by atoms with Crippen molar-refractivity contribution in [3.8, 4) is 11.5 Å². The number of carbonyl (C=O) groups excluding carboxylic acids is 1. The summed E-state index contributed by atoms with van der Waals surface area (Å²) < 4.78 is 5.99. The summed E-state index contributed by atoms with van der Waals surface area (Å²) >= 11 is 0. The molecule has 1 saturated carbocycles. The molecule has 4 nitrogen and oxygen atoms in total. The van der Waals surface area contributed by atoms with Crippen molar-refractivity contribution in [3.63, 3.8) is 0 Å². The van der Waals surface area contributed by atoms with Crippen LogP contribution in [0.2, 0.25) is 0 Å². The average Bonchev–Trinajstić information content (AvgIpc) is 2.67. The van der Waals surface area contributed by atoms with Crippen LogP contribution in [-0.4, -0.2) is 24.2 Å². The Morgan fingerprint density at radius 2 is 1.69 bits per heavy atom. The molecule has 1 amide bonds. The highest BCUT2D eigenvalue weighted by Gasteiger charge is 2.22. The lowest BCUT2D eigenvalue weighted by Crippen LogP contribution is -2.32. The van der Waals surface area contributed by atoms with Gasteiger partial charge in [-0.2, -0.15) is 0 Å². The molecule has 1 aliphatic carbocycles. The van der Waals surface area contributed by atoms with Gasteiger partial charge < -0.3 is 15.2 Å². The molecule has 2 aromatic rings. The second-order valence-electron chi connectivity index (χ2n) is 7.22. The summed E-state index contributed by atoms with van der Waals surface area (Å²) in [6.45, 7) is 3.56. The van der Waals surface area contributed by atoms with E-state index in [9.17, 15) is 9.90 Å². The van der Waals surface area contributed by atoms with Gasteiger partial charge in [0.25, 0.3) is 5.91 Å². The van der Waals surface area contributed by atoms with E-state index in [1.54, 1.807) is 12.1 Å². The fourth-order valence-corrected chi connectivity index (χ4v) is 3.48. The molecule has 1 aliphatic rings. The van der Waals surface area contributed by atoms with Crippen LogP contribution in [-0.2, 0) is 0 Å². The molecule has 0 radical (unpaired) electrons. The van der Waals surface area contributed by atoms with Crippen LogP contribution >= 0.6 is 0 Å². The van der Waals surface area contributed by atoms with Crippen LogP contribution in [0.15, 0.2) is 48.5 Å². The molecule has 1 fully saturated rings. The molecule has 26 heavy (non-hydrogen) atoms. The lowest BCUT2D eigenvalue weighted by molar-refractivity contribution is 0.0938. The van der Waals surface area contributed by atoms with Crippen molar-refractivity contribution in [3.05, 3.63) is 59.7 Å². The molecule has 0 aliphatic heterocycles. The van der Waals surface area contributed by atoms with Crippen molar-refractivity contribution < 1.29 is 14.6 Å². The summed E-state index contributed by atoms with van der Waals surface area (Å²) in [6.07, 6.45) is 4.53. The van der Waals surface area contributed by atoms with Crippen molar-refractivity contribution in [1.82, 2.24) is 5.32 Å². The van der Waals surface area contributed by atoms with Crippen LogP contribution in [0.5, 0.6) is 11.5 Å². The van der Waals surface area contributed by atoms with Crippen LogP contribution in [0, 0.1) is 18.8 Å². The smallest absolute Gasteiger partial charge is 0.251 e. The first-order valence-electron chi connectivity index (χ1n) is 9.37. The van der Waals surface area contributed by atoms with Gasteiger partial charge in [-0.25, -0.2) is 0 Å². The number of nitrogens with one attached hydrogen (secondary N) is 1. The maximum absolute atomic E-state index is 12.1. The van der Waals surface area contributed by atoms with Gasteiger partial charge in [-0.15, -0.1) is 0 Å². The highest BCUT2D eigenvalue weighted by Crippen LogP contribution is 2.29. The van der Waals surface area contributed by atoms with Crippen molar-refractivity contribution in [2.45, 2.75) is 32.6 Å². The third-order valence-corrected chi connectivity index (χ3v) is 5.22. The van der Waals surface area contributed by atoms with E-state index in [0.29, 0.717) is 23.9 Å². The summed E-state index contributed by atoms with van der Waals surface area (Å²) in [5.74, 6) is 2.21. The Balaban J connectivity index is 1.38. The molecular weight excluding hydrogens is 326 g/mol. The molecule has 0 aromatic heterocycles. The first kappa shape index (κ1) is 18.3. The Morgan fingerprint density at radius 1 is 1.04 bits per heavy atom. The minimum absolute atomic E-state index is 0.0741. The molecule has 0 spiro atoms. The predicted molar refractivity (Wildman–Crippen MR) is 103 cm³/mol. The molecule has 0 unspecified atom stereocenters. The number of benzene rings is 2. The average molecular weight is 353 g/mol. The van der Waals surface area contributed by atoms with Gasteiger partial charge in [0.1, 0.15) is 11.5 Å². The zero-order chi connectivity index (χ0) is 18.4. The largest absolute Gasteiger partial charge is 0.508 e. The Morgan fingerprint density at radius 3 is 2.38 bits per heavy atom. The Kier molecular flexibility index (Phi) is 6.16. The van der Waals surface area contributed by atoms with Gasteiger partial charge in [0.15, 0.2) is 0 Å². The number of ether oxygens (including phenoxy) is 1. The van der Waals surface area contributed by atoms with E-state index in [0.717, 1.165) is 38.0 Å². The van der Waals surface area contributed by atoms with Gasteiger partial charge in [0, 0.05) is 12.1 Å². The fraction of sp³-hybridized carbons (Fsp3) is 0.409. The first-order valence-corrected chi connectivity index (χ1v) is 9.37. The second-order valence-corrected chi connectivity index (χ2v) is 7.22. The standard InChI is InChI=1S/C22H27NO3/c1-16-4-2-3-5-21(16)26-15-18-8-6-17(7-9-18)14-23-22(25)19-10-12-20(24)13-11-19/h2-5,10-13,17-18,24H,6-9,14-15H2,1H3,(H,23,25). The van der Waals surface area contributed by atoms with Crippen molar-refractivity contribution >= 4 is 5.91 Å². The monoisotopic (exact) mass is 353 g/mol. The lowest BCUT2D eigenvalue weighted by atomic mass is 9.82. The fourth-order valence-electron chi connectivity index (χ4n) is 3.48. The first-order chi connectivity index (χ1) is 12.6. The number of amides is 1. The third kappa shape index (κ3) is 5.01. The highest BCUT2D eigenvalue weighted by molar-refractivity contribution is 5.94. The van der Waals surface area contributed by atoms with Gasteiger partial charge in [-0.05, 0) is 80.3 Å². The molecule has 138 valence electrons. The van der Waals surface area contributed by atoms with Crippen LogP contribution in [0.3, 0.4) is 0 Å². The molecule has 3 rings (SSSR count). The molecule has 0 saturated heterocycles. The molecule has 0 atom stereocenters. The number of hydrogen-bond acceptors (Lipinski definition) is 3. The Labute approximate surface area is 155 Å². The number of carbonyl (C=O) groups is 1. The zero-order valence-corrected chi connectivity index (χ0v) is 15.3. The van der Waals surface area contributed by atoms with Gasteiger partial charge in [-0.3, -0.25) is 4.79 Å². The SMILES string of the molecule is Cc1ccccc1OCC1CCC(CNC(=O)c2ccc(O)cc2)CC1. The minimum Gasteiger partial charge on any atom is -0.508 e. The minimum atomic E-state index is -0.0741. The zero-order valence-electron chi connectivity index (χ0n) is 15.3. The summed E-state index contributed by atoms with van der Waals surface area (Å²) in [7, 11) is 0. The van der Waals surface area contributed by atoms with Crippen LogP contribution in [0.1, 0.15) is 41.6 Å². The van der Waals surface area contributed by atoms with E-state index in [4.69, 9.17) is 4.74 Å². The predicted octanol–water partition coefficient (Wildman–Crippen LogP) is 4.32. The number of phenolic OH excluding ortho intramolecular Hbond substituents is 1. The molecule has 2 aromatic carbocycles. The molecule has 4 heteroatoms. The van der Waals surface area contributed by atoms with Crippen LogP contribution < -0.4 is 10.1 Å². The summed E-state index contributed by atoms with van der Waals surface area (Å²) in [6, 6.07) is 14.5. The van der Waals surface area contributed by atoms with Gasteiger partial charge in [-0.1, -0.05) is 18.2 Å². The topological polar surface area (TPSA) is 58.6 Å². The summed E-state index contributed by atoms with van der Waals surface area (Å²) in [4.78, 5) is 12.1. The van der Waals surface area contributed by atoms with Gasteiger partial charge in [0.2, 0.25) is 0 Å². The van der Waals surface area contributed by atoms with Crippen LogP contribution in [0.4, 0.5) is 0 Å². The van der Waals surface area contributed by atoms with E-state index in [1.807, 2.05) is 18.2 Å². The van der Waals surface area contributed by atoms with E-state index >= 15 is 0 Å². The maximum Gasteiger partial charge on any atom is 0.251 e. The van der Waals surface area contributed by atoms with Gasteiger partial charge in [0.05, 0.1) is 6.61 Å². The summed E-state index contributed by atoms with van der Waals surface area (Å²) in [5.41, 5.74) is 1.77. The summed E-state index contributed by atoms with van der Waals surface area (Å²) in [5, 5.41) is 12.3. The van der Waals surface area contributed by atoms with E-state index in [2.05, 4.69) is 18.3 Å². The van der Waals surface area contributed by atoms with E-state index in [-0.39, 0.29) is 11.7 Å². The highest BCUT2D eigenvalue weighted by atomic mass is 16.5. The molecule has 0 bridgehead atoms. The lowest BCUT2D eigenvalue weighted by Gasteiger charge is -2.28. The van der Waals surface area contributed by atoms with E-state index in [1.165, 1.54) is 17.7 Å². The number of aromatic hydroxyl groups is 1. The maximum atomic E-state index is 12.1. The van der Waals surface area contributed by atoms with Gasteiger partial charge >= 0.3 is 0 Å². The second kappa shape index (κ2) is 8.75. The number of hydrogen-bond donors (Lipinski definition) is 2. The molecule has 2 N–H and O–H groups in total. The molecular formula is C22H27NO3. The Bertz CT molecular complexity index is 718. The van der Waals surface area contributed by atoms with Crippen molar-refractivity contribution in [2.75, 3.05) is 13.2 Å². The van der Waals surface area contributed by atoms with Crippen molar-refractivity contribution in [2.24, 2.45) is 11.8 Å². The van der Waals surface area contributed by atoms with Crippen LogP contribution in [0.25, 0.3) is 0 Å². The number of aryl methyl sites for hydroxylation is 1. The quantitative estimate of drug-likeness (QED) is 0.813. The number of phenols is 1. The van der Waals surface area contributed by atoms with E-state index < -0.39 is 0 Å². The number of rotatable bonds is 6. The number of para-hydroxylation sites is 1. The Hall–Kier alpha value is -2.49. The molecule has 0 heterocycles. The normalized spacial score (nSPS) is 19.7. The third-order valence-electron chi connectivity index (χ3n) is 5.22. The van der Waals surface area contributed by atoms with Crippen molar-refractivity contribution in [1.29, 1.82) is 0 Å².